The highest BCUT2D eigenvalue weighted by Crippen LogP contribution is 2.29. The van der Waals surface area contributed by atoms with Crippen LogP contribution in [0.15, 0.2) is 47.4 Å². The molecule has 156 valence electrons. The van der Waals surface area contributed by atoms with Crippen LogP contribution in [0.3, 0.4) is 0 Å². The van der Waals surface area contributed by atoms with Gasteiger partial charge in [-0.3, -0.25) is 4.79 Å². The van der Waals surface area contributed by atoms with Gasteiger partial charge in [0.15, 0.2) is 0 Å². The fourth-order valence-electron chi connectivity index (χ4n) is 3.47. The number of hydrogen-bond donors (Lipinski definition) is 1. The van der Waals surface area contributed by atoms with Gasteiger partial charge in [0.05, 0.1) is 12.1 Å². The Morgan fingerprint density at radius 1 is 1.28 bits per heavy atom. The Labute approximate surface area is 176 Å². The maximum Gasteiger partial charge on any atom is 0.251 e. The molecule has 0 spiro atoms. The molecule has 0 saturated carbocycles. The zero-order chi connectivity index (χ0) is 21.0. The van der Waals surface area contributed by atoms with E-state index in [4.69, 9.17) is 16.3 Å². The summed E-state index contributed by atoms with van der Waals surface area (Å²) < 4.78 is 32.9. The van der Waals surface area contributed by atoms with E-state index < -0.39 is 10.0 Å². The number of methoxy groups -OCH3 is 1. The van der Waals surface area contributed by atoms with Gasteiger partial charge in [-0.25, -0.2) is 8.42 Å². The van der Waals surface area contributed by atoms with Crippen LogP contribution < -0.4 is 10.1 Å². The summed E-state index contributed by atoms with van der Waals surface area (Å²) in [4.78, 5) is 12.6. The Morgan fingerprint density at radius 3 is 2.76 bits per heavy atom. The highest BCUT2D eigenvalue weighted by atomic mass is 35.5. The van der Waals surface area contributed by atoms with Crippen LogP contribution in [-0.2, 0) is 16.6 Å². The lowest BCUT2D eigenvalue weighted by molar-refractivity contribution is 0.0950. The second-order valence-electron chi connectivity index (χ2n) is 7.25. The van der Waals surface area contributed by atoms with Gasteiger partial charge in [-0.2, -0.15) is 4.31 Å². The molecule has 3 rings (SSSR count). The van der Waals surface area contributed by atoms with Crippen molar-refractivity contribution in [3.63, 3.8) is 0 Å². The van der Waals surface area contributed by atoms with E-state index >= 15 is 0 Å². The van der Waals surface area contributed by atoms with Crippen molar-refractivity contribution < 1.29 is 17.9 Å². The van der Waals surface area contributed by atoms with Crippen LogP contribution in [0.25, 0.3) is 0 Å². The van der Waals surface area contributed by atoms with Crippen molar-refractivity contribution in [2.24, 2.45) is 5.92 Å². The molecule has 8 heteroatoms. The van der Waals surface area contributed by atoms with Crippen LogP contribution in [0.1, 0.15) is 35.7 Å². The summed E-state index contributed by atoms with van der Waals surface area (Å²) in [5.74, 6) is 0.590. The smallest absolute Gasteiger partial charge is 0.251 e. The van der Waals surface area contributed by atoms with Crippen molar-refractivity contribution >= 4 is 27.5 Å². The molecule has 1 N–H and O–H groups in total. The average molecular weight is 437 g/mol. The molecule has 0 aromatic heterocycles. The van der Waals surface area contributed by atoms with Crippen molar-refractivity contribution in [3.05, 3.63) is 58.6 Å². The molecule has 1 aliphatic rings. The Kier molecular flexibility index (Phi) is 6.82. The minimum atomic E-state index is -3.76. The lowest BCUT2D eigenvalue weighted by atomic mass is 10.0. The number of benzene rings is 2. The molecule has 0 bridgehead atoms. The highest BCUT2D eigenvalue weighted by Gasteiger charge is 2.30. The van der Waals surface area contributed by atoms with Gasteiger partial charge in [0.1, 0.15) is 10.6 Å². The maximum atomic E-state index is 13.1. The molecule has 2 aromatic carbocycles. The summed E-state index contributed by atoms with van der Waals surface area (Å²) in [5.41, 5.74) is 1.07. The zero-order valence-corrected chi connectivity index (χ0v) is 18.1. The zero-order valence-electron chi connectivity index (χ0n) is 16.5. The molecule has 1 heterocycles. The van der Waals surface area contributed by atoms with E-state index in [0.717, 1.165) is 18.4 Å². The lowest BCUT2D eigenvalue weighted by Gasteiger charge is -2.30. The predicted octanol–water partition coefficient (Wildman–Crippen LogP) is 3.70. The van der Waals surface area contributed by atoms with Gasteiger partial charge in [-0.05, 0) is 43.0 Å². The topological polar surface area (TPSA) is 75.7 Å². The Bertz CT molecular complexity index is 994. The third-order valence-electron chi connectivity index (χ3n) is 5.06. The Balaban J connectivity index is 1.80. The van der Waals surface area contributed by atoms with Crippen LogP contribution in [0.5, 0.6) is 5.75 Å². The highest BCUT2D eigenvalue weighted by molar-refractivity contribution is 7.89. The van der Waals surface area contributed by atoms with Crippen LogP contribution in [0.4, 0.5) is 0 Å². The number of carbonyl (C=O) groups is 1. The van der Waals surface area contributed by atoms with Gasteiger partial charge in [-0.1, -0.05) is 36.7 Å². The number of hydrogen-bond acceptors (Lipinski definition) is 4. The molecule has 1 saturated heterocycles. The Hall–Kier alpha value is -2.09. The summed E-state index contributed by atoms with van der Waals surface area (Å²) in [6.07, 6.45) is 1.82. The fourth-order valence-corrected chi connectivity index (χ4v) is 5.57. The van der Waals surface area contributed by atoms with Gasteiger partial charge in [0, 0.05) is 30.8 Å². The predicted molar refractivity (Wildman–Crippen MR) is 113 cm³/mol. The first-order valence-electron chi connectivity index (χ1n) is 9.52. The van der Waals surface area contributed by atoms with Crippen LogP contribution in [0.2, 0.25) is 5.02 Å². The number of halogens is 1. The maximum absolute atomic E-state index is 13.1. The summed E-state index contributed by atoms with van der Waals surface area (Å²) in [6, 6.07) is 11.7. The van der Waals surface area contributed by atoms with E-state index in [1.807, 2.05) is 31.2 Å². The quantitative estimate of drug-likeness (QED) is 0.749. The molecule has 0 radical (unpaired) electrons. The lowest BCUT2D eigenvalue weighted by Crippen LogP contribution is -2.39. The number of amides is 1. The molecule has 6 nitrogen and oxygen atoms in total. The van der Waals surface area contributed by atoms with Crippen molar-refractivity contribution in [2.45, 2.75) is 31.2 Å². The number of piperidine rings is 1. The number of rotatable bonds is 6. The Morgan fingerprint density at radius 2 is 2.03 bits per heavy atom. The summed E-state index contributed by atoms with van der Waals surface area (Å²) in [6.45, 7) is 3.22. The molecule has 0 aliphatic carbocycles. The van der Waals surface area contributed by atoms with Crippen LogP contribution in [0, 0.1) is 5.92 Å². The van der Waals surface area contributed by atoms with E-state index in [-0.39, 0.29) is 27.9 Å². The van der Waals surface area contributed by atoms with Crippen LogP contribution in [-0.4, -0.2) is 38.8 Å². The number of ether oxygens (including phenoxy) is 1. The molecule has 1 unspecified atom stereocenters. The first-order valence-corrected chi connectivity index (χ1v) is 11.3. The first kappa shape index (κ1) is 21.6. The monoisotopic (exact) mass is 436 g/mol. The molecule has 2 aromatic rings. The average Bonchev–Trinajstić information content (AvgIpc) is 2.72. The second kappa shape index (κ2) is 9.15. The van der Waals surface area contributed by atoms with Gasteiger partial charge in [0.2, 0.25) is 10.0 Å². The normalized spacial score (nSPS) is 17.7. The molecular weight excluding hydrogens is 412 g/mol. The summed E-state index contributed by atoms with van der Waals surface area (Å²) in [5, 5.41) is 2.92. The van der Waals surface area contributed by atoms with Crippen molar-refractivity contribution in [1.82, 2.24) is 9.62 Å². The van der Waals surface area contributed by atoms with Gasteiger partial charge in [0.25, 0.3) is 5.91 Å². The molecule has 1 amide bonds. The van der Waals surface area contributed by atoms with Gasteiger partial charge < -0.3 is 10.1 Å². The number of para-hydroxylation sites is 1. The number of carbonyl (C=O) groups excluding carboxylic acids is 1. The SMILES string of the molecule is COc1ccccc1CNC(=O)c1ccc(Cl)c(S(=O)(=O)N2CCCC(C)C2)c1. The van der Waals surface area contributed by atoms with Gasteiger partial charge in [-0.15, -0.1) is 0 Å². The van der Waals surface area contributed by atoms with Crippen molar-refractivity contribution in [2.75, 3.05) is 20.2 Å². The standard InChI is InChI=1S/C21H25ClN2O4S/c1-15-6-5-11-24(14-15)29(26,27)20-12-16(9-10-18(20)22)21(25)23-13-17-7-3-4-8-19(17)28-2/h3-4,7-10,12,15H,5-6,11,13-14H2,1-2H3,(H,23,25). The van der Waals surface area contributed by atoms with E-state index in [0.29, 0.717) is 24.8 Å². The fraction of sp³-hybridized carbons (Fsp3) is 0.381. The van der Waals surface area contributed by atoms with Crippen molar-refractivity contribution in [3.8, 4) is 5.75 Å². The van der Waals surface area contributed by atoms with Crippen LogP contribution >= 0.6 is 11.6 Å². The van der Waals surface area contributed by atoms with Gasteiger partial charge >= 0.3 is 0 Å². The molecular formula is C21H25ClN2O4S. The molecule has 1 aliphatic heterocycles. The number of sulfonamides is 1. The molecule has 1 atom stereocenters. The number of nitrogens with zero attached hydrogens (tertiary/aromatic N) is 1. The third-order valence-corrected chi connectivity index (χ3v) is 7.41. The van der Waals surface area contributed by atoms with E-state index in [1.54, 1.807) is 7.11 Å². The second-order valence-corrected chi connectivity index (χ2v) is 9.56. The minimum absolute atomic E-state index is 0.0294. The summed E-state index contributed by atoms with van der Waals surface area (Å²) >= 11 is 6.20. The van der Waals surface area contributed by atoms with Crippen molar-refractivity contribution in [1.29, 1.82) is 0 Å². The van der Waals surface area contributed by atoms with E-state index in [9.17, 15) is 13.2 Å². The summed E-state index contributed by atoms with van der Waals surface area (Å²) in [7, 11) is -2.19. The third kappa shape index (κ3) is 4.91. The van der Waals surface area contributed by atoms with E-state index in [1.165, 1.54) is 22.5 Å². The minimum Gasteiger partial charge on any atom is -0.496 e. The van der Waals surface area contributed by atoms with E-state index in [2.05, 4.69) is 5.32 Å². The first-order chi connectivity index (χ1) is 13.8. The molecule has 29 heavy (non-hydrogen) atoms. The largest absolute Gasteiger partial charge is 0.496 e. The number of nitrogens with one attached hydrogen (secondary N) is 1. The molecule has 1 fully saturated rings.